The number of fused-ring (bicyclic) bond motifs is 1. The summed E-state index contributed by atoms with van der Waals surface area (Å²) in [6, 6.07) is 4.40. The summed E-state index contributed by atoms with van der Waals surface area (Å²) in [5, 5.41) is 11.5. The van der Waals surface area contributed by atoms with Crippen LogP contribution >= 0.6 is 0 Å². The van der Waals surface area contributed by atoms with Crippen molar-refractivity contribution in [3.05, 3.63) is 88.0 Å². The first-order valence-corrected chi connectivity index (χ1v) is 13.9. The van der Waals surface area contributed by atoms with Crippen molar-refractivity contribution in [2.24, 2.45) is 0 Å². The van der Waals surface area contributed by atoms with Crippen LogP contribution in [0.2, 0.25) is 0 Å². The number of carbonyl (C=O) groups excluding carboxylic acids is 1. The van der Waals surface area contributed by atoms with Gasteiger partial charge in [-0.3, -0.25) is 4.79 Å². The molecule has 2 aliphatic heterocycles. The third-order valence-electron chi connectivity index (χ3n) is 8.22. The minimum Gasteiger partial charge on any atom is -0.496 e. The zero-order valence-corrected chi connectivity index (χ0v) is 23.8. The average Bonchev–Trinajstić information content (AvgIpc) is 3.55. The van der Waals surface area contributed by atoms with Gasteiger partial charge >= 0.3 is 30.5 Å². The topological polar surface area (TPSA) is 78.9 Å². The van der Waals surface area contributed by atoms with Crippen molar-refractivity contribution in [3.63, 3.8) is 0 Å². The molecule has 3 aromatic rings. The van der Waals surface area contributed by atoms with E-state index in [2.05, 4.69) is 5.32 Å². The number of halogens is 9. The summed E-state index contributed by atoms with van der Waals surface area (Å²) in [7, 11) is 1.33. The molecule has 3 aromatic carbocycles. The van der Waals surface area contributed by atoms with E-state index in [1.165, 1.54) is 19.2 Å². The predicted octanol–water partition coefficient (Wildman–Crippen LogP) is 8.41. The molecule has 46 heavy (non-hydrogen) atoms. The van der Waals surface area contributed by atoms with E-state index in [9.17, 15) is 49.1 Å². The molecule has 0 saturated carbocycles. The second-order valence-electron chi connectivity index (χ2n) is 11.1. The van der Waals surface area contributed by atoms with Crippen LogP contribution in [-0.2, 0) is 29.7 Å². The van der Waals surface area contributed by atoms with E-state index in [0.29, 0.717) is 23.3 Å². The number of amides is 2. The number of aryl methyl sites for hydroxylation is 1. The number of rotatable bonds is 7. The van der Waals surface area contributed by atoms with Gasteiger partial charge < -0.3 is 20.1 Å². The number of hydrogen-bond acceptors (Lipinski definition) is 3. The van der Waals surface area contributed by atoms with Crippen molar-refractivity contribution in [1.82, 2.24) is 10.2 Å². The highest BCUT2D eigenvalue weighted by Gasteiger charge is 2.50. The fourth-order valence-corrected chi connectivity index (χ4v) is 6.16. The van der Waals surface area contributed by atoms with Crippen molar-refractivity contribution in [3.8, 4) is 16.9 Å². The predicted molar refractivity (Wildman–Crippen MR) is 145 cm³/mol. The maximum atomic E-state index is 13.9. The molecule has 15 heteroatoms. The van der Waals surface area contributed by atoms with Gasteiger partial charge in [-0.05, 0) is 84.0 Å². The standard InChI is InChI=1S/C31H25F9N2O4/c1-46-25-8-2-15(3-9-26(43)44)10-22(25)20-5-4-17(29(32,33)34)14-21(20)23-6-7-24-27(41-28(45)42(23)24)16-11-18(30(35,36)37)13-19(12-16)31(38,39)40/h2,4-5,8,10-14,23-24,27H,3,6-7,9H2,1H3,(H,41,45)(H,43,44). The molecule has 5 rings (SSSR count). The summed E-state index contributed by atoms with van der Waals surface area (Å²) in [5.74, 6) is -0.829. The number of carboxylic acid groups (broad SMARTS) is 1. The van der Waals surface area contributed by atoms with Gasteiger partial charge in [-0.1, -0.05) is 12.1 Å². The summed E-state index contributed by atoms with van der Waals surface area (Å²) in [6.07, 6.45) is -15.1. The van der Waals surface area contributed by atoms with Gasteiger partial charge in [0.25, 0.3) is 0 Å². The van der Waals surface area contributed by atoms with Crippen LogP contribution in [0.25, 0.3) is 11.1 Å². The van der Waals surface area contributed by atoms with Gasteiger partial charge in [-0.25, -0.2) is 4.79 Å². The Morgan fingerprint density at radius 1 is 0.848 bits per heavy atom. The fourth-order valence-electron chi connectivity index (χ4n) is 6.16. The zero-order valence-electron chi connectivity index (χ0n) is 23.8. The molecule has 6 nitrogen and oxygen atoms in total. The van der Waals surface area contributed by atoms with E-state index in [1.807, 2.05) is 0 Å². The molecule has 3 atom stereocenters. The van der Waals surface area contributed by atoms with Crippen LogP contribution in [0.5, 0.6) is 5.75 Å². The minimum absolute atomic E-state index is 0.0254. The molecule has 2 saturated heterocycles. The highest BCUT2D eigenvalue weighted by atomic mass is 19.4. The summed E-state index contributed by atoms with van der Waals surface area (Å²) in [5.41, 5.74) is -3.51. The van der Waals surface area contributed by atoms with Gasteiger partial charge in [-0.2, -0.15) is 39.5 Å². The van der Waals surface area contributed by atoms with E-state index in [1.54, 1.807) is 12.1 Å². The number of urea groups is 1. The second kappa shape index (κ2) is 11.7. The molecule has 2 heterocycles. The Balaban J connectivity index is 1.60. The third kappa shape index (κ3) is 6.44. The van der Waals surface area contributed by atoms with Gasteiger partial charge in [0.2, 0.25) is 0 Å². The van der Waals surface area contributed by atoms with E-state index < -0.39 is 70.9 Å². The molecule has 2 N–H and O–H groups in total. The maximum Gasteiger partial charge on any atom is 0.416 e. The number of benzene rings is 3. The Hall–Kier alpha value is -4.43. The minimum atomic E-state index is -5.12. The molecule has 2 amide bonds. The highest BCUT2D eigenvalue weighted by molar-refractivity contribution is 5.81. The number of carbonyl (C=O) groups is 2. The Kier molecular flexibility index (Phi) is 8.41. The van der Waals surface area contributed by atoms with Crippen molar-refractivity contribution >= 4 is 12.0 Å². The van der Waals surface area contributed by atoms with Crippen molar-refractivity contribution in [2.45, 2.75) is 62.3 Å². The molecule has 0 bridgehead atoms. The molecule has 0 aliphatic carbocycles. The lowest BCUT2D eigenvalue weighted by atomic mass is 9.90. The van der Waals surface area contributed by atoms with Gasteiger partial charge in [0.1, 0.15) is 5.75 Å². The quantitative estimate of drug-likeness (QED) is 0.250. The number of aliphatic carboxylic acids is 1. The van der Waals surface area contributed by atoms with E-state index in [0.717, 1.165) is 17.0 Å². The van der Waals surface area contributed by atoms with Gasteiger partial charge in [0.05, 0.1) is 41.9 Å². The Labute approximate surface area is 255 Å². The Morgan fingerprint density at radius 3 is 2.04 bits per heavy atom. The summed E-state index contributed by atoms with van der Waals surface area (Å²) < 4.78 is 129. The summed E-state index contributed by atoms with van der Waals surface area (Å²) >= 11 is 0. The van der Waals surface area contributed by atoms with Crippen LogP contribution in [0.15, 0.2) is 54.6 Å². The summed E-state index contributed by atoms with van der Waals surface area (Å²) in [4.78, 5) is 25.6. The molecule has 246 valence electrons. The van der Waals surface area contributed by atoms with Crippen LogP contribution in [0, 0.1) is 0 Å². The first kappa shape index (κ1) is 32.9. The zero-order chi connectivity index (χ0) is 33.8. The average molecular weight is 661 g/mol. The molecular weight excluding hydrogens is 635 g/mol. The number of hydrogen-bond donors (Lipinski definition) is 2. The smallest absolute Gasteiger partial charge is 0.416 e. The highest BCUT2D eigenvalue weighted by Crippen LogP contribution is 2.50. The Bertz CT molecular complexity index is 1630. The van der Waals surface area contributed by atoms with Crippen LogP contribution in [0.1, 0.15) is 64.7 Å². The van der Waals surface area contributed by atoms with Gasteiger partial charge in [0, 0.05) is 12.0 Å². The molecule has 0 radical (unpaired) electrons. The van der Waals surface area contributed by atoms with Crippen molar-refractivity contribution < 1.29 is 58.9 Å². The second-order valence-corrected chi connectivity index (χ2v) is 11.1. The van der Waals surface area contributed by atoms with E-state index in [-0.39, 0.29) is 48.6 Å². The third-order valence-corrected chi connectivity index (χ3v) is 8.22. The SMILES string of the molecule is COc1ccc(CCC(=O)O)cc1-c1ccc(C(F)(F)F)cc1C1CCC2C(c3cc(C(F)(F)F)cc(C(F)(F)F)c3)NC(=O)N12. The lowest BCUT2D eigenvalue weighted by Crippen LogP contribution is -2.32. The molecule has 0 spiro atoms. The lowest BCUT2D eigenvalue weighted by Gasteiger charge is -2.27. The molecule has 2 aliphatic rings. The number of alkyl halides is 9. The van der Waals surface area contributed by atoms with Crippen LogP contribution in [-0.4, -0.2) is 35.2 Å². The largest absolute Gasteiger partial charge is 0.496 e. The number of nitrogens with one attached hydrogen (secondary N) is 1. The molecular formula is C31H25F9N2O4. The number of carboxylic acids is 1. The Morgan fingerprint density at radius 2 is 1.48 bits per heavy atom. The lowest BCUT2D eigenvalue weighted by molar-refractivity contribution is -0.143. The number of nitrogens with zero attached hydrogens (tertiary/aromatic N) is 1. The fraction of sp³-hybridized carbons (Fsp3) is 0.355. The van der Waals surface area contributed by atoms with Crippen molar-refractivity contribution in [1.29, 1.82) is 0 Å². The normalized spacial score (nSPS) is 20.1. The molecule has 2 fully saturated rings. The molecule has 3 unspecified atom stereocenters. The monoisotopic (exact) mass is 660 g/mol. The van der Waals surface area contributed by atoms with Crippen LogP contribution < -0.4 is 10.1 Å². The van der Waals surface area contributed by atoms with E-state index >= 15 is 0 Å². The first-order valence-electron chi connectivity index (χ1n) is 13.9. The maximum absolute atomic E-state index is 13.9. The number of ether oxygens (including phenoxy) is 1. The van der Waals surface area contributed by atoms with Crippen LogP contribution in [0.4, 0.5) is 44.3 Å². The first-order chi connectivity index (χ1) is 21.4. The number of methoxy groups -OCH3 is 1. The van der Waals surface area contributed by atoms with Gasteiger partial charge in [-0.15, -0.1) is 0 Å². The van der Waals surface area contributed by atoms with Crippen molar-refractivity contribution in [2.75, 3.05) is 7.11 Å². The molecule has 0 aromatic heterocycles. The van der Waals surface area contributed by atoms with E-state index in [4.69, 9.17) is 9.84 Å². The van der Waals surface area contributed by atoms with Gasteiger partial charge in [0.15, 0.2) is 0 Å². The summed E-state index contributed by atoms with van der Waals surface area (Å²) in [6.45, 7) is 0. The van der Waals surface area contributed by atoms with Crippen LogP contribution in [0.3, 0.4) is 0 Å².